The van der Waals surface area contributed by atoms with Crippen molar-refractivity contribution in [2.24, 2.45) is 5.92 Å². The van der Waals surface area contributed by atoms with Gasteiger partial charge in [-0.05, 0) is 68.2 Å². The normalized spacial score (nSPS) is 13.4. The van der Waals surface area contributed by atoms with Crippen LogP contribution in [0, 0.1) is 5.92 Å². The Kier molecular flexibility index (Phi) is 7.56. The summed E-state index contributed by atoms with van der Waals surface area (Å²) in [7, 11) is 2.23. The molecule has 1 atom stereocenters. The summed E-state index contributed by atoms with van der Waals surface area (Å²) in [5.41, 5.74) is 1.44. The predicted molar refractivity (Wildman–Crippen MR) is 82.2 cm³/mol. The number of thiophene rings is 1. The highest BCUT2D eigenvalue weighted by Crippen LogP contribution is 2.12. The zero-order valence-corrected chi connectivity index (χ0v) is 13.1. The van der Waals surface area contributed by atoms with Crippen LogP contribution in [-0.2, 0) is 6.54 Å². The van der Waals surface area contributed by atoms with E-state index in [0.717, 1.165) is 25.6 Å². The molecule has 2 nitrogen and oxygen atoms in total. The summed E-state index contributed by atoms with van der Waals surface area (Å²) in [6, 6.07) is 2.88. The molecule has 0 aliphatic rings. The molecule has 1 N–H and O–H groups in total. The molecule has 0 saturated carbocycles. The van der Waals surface area contributed by atoms with E-state index in [9.17, 15) is 0 Å². The Balaban J connectivity index is 2.10. The van der Waals surface area contributed by atoms with E-state index in [1.165, 1.54) is 18.4 Å². The quantitative estimate of drug-likeness (QED) is 0.689. The Morgan fingerprint density at radius 2 is 2.11 bits per heavy atom. The van der Waals surface area contributed by atoms with Crippen molar-refractivity contribution in [1.82, 2.24) is 10.2 Å². The second-order valence-electron chi connectivity index (χ2n) is 5.64. The Labute approximate surface area is 116 Å². The summed E-state index contributed by atoms with van der Waals surface area (Å²) in [4.78, 5) is 2.45. The molecule has 0 aliphatic heterocycles. The molecule has 1 heterocycles. The van der Waals surface area contributed by atoms with Gasteiger partial charge in [0.25, 0.3) is 0 Å². The minimum atomic E-state index is 0.658. The lowest BCUT2D eigenvalue weighted by Crippen LogP contribution is -2.29. The standard InChI is InChI=1S/C15H28N2S/c1-13(2)10-16-8-5-6-14(3)17(4)11-15-7-9-18-12-15/h7,9,12-14,16H,5-6,8,10-11H2,1-4H3. The minimum absolute atomic E-state index is 0.658. The second kappa shape index (κ2) is 8.68. The lowest BCUT2D eigenvalue weighted by molar-refractivity contribution is 0.234. The fourth-order valence-corrected chi connectivity index (χ4v) is 2.62. The first-order valence-electron chi connectivity index (χ1n) is 7.01. The average Bonchev–Trinajstić information content (AvgIpc) is 2.80. The van der Waals surface area contributed by atoms with Gasteiger partial charge < -0.3 is 5.32 Å². The third-order valence-electron chi connectivity index (χ3n) is 3.29. The van der Waals surface area contributed by atoms with Gasteiger partial charge in [-0.1, -0.05) is 13.8 Å². The molecule has 0 radical (unpaired) electrons. The van der Waals surface area contributed by atoms with Crippen molar-refractivity contribution >= 4 is 11.3 Å². The number of hydrogen-bond acceptors (Lipinski definition) is 3. The molecule has 1 unspecified atom stereocenters. The van der Waals surface area contributed by atoms with Crippen LogP contribution in [0.4, 0.5) is 0 Å². The Hall–Kier alpha value is -0.380. The van der Waals surface area contributed by atoms with Crippen LogP contribution in [0.3, 0.4) is 0 Å². The van der Waals surface area contributed by atoms with Crippen molar-refractivity contribution in [1.29, 1.82) is 0 Å². The summed E-state index contributed by atoms with van der Waals surface area (Å²) in [5.74, 6) is 0.753. The minimum Gasteiger partial charge on any atom is -0.316 e. The molecule has 1 aromatic heterocycles. The number of nitrogens with one attached hydrogen (secondary N) is 1. The highest BCUT2D eigenvalue weighted by atomic mass is 32.1. The highest BCUT2D eigenvalue weighted by molar-refractivity contribution is 7.07. The molecular formula is C15H28N2S. The highest BCUT2D eigenvalue weighted by Gasteiger charge is 2.09. The molecule has 0 fully saturated rings. The van der Waals surface area contributed by atoms with E-state index in [1.54, 1.807) is 11.3 Å². The zero-order valence-electron chi connectivity index (χ0n) is 12.3. The summed E-state index contributed by atoms with van der Waals surface area (Å²) >= 11 is 1.78. The van der Waals surface area contributed by atoms with Gasteiger partial charge in [-0.2, -0.15) is 11.3 Å². The van der Waals surface area contributed by atoms with Crippen molar-refractivity contribution < 1.29 is 0 Å². The second-order valence-corrected chi connectivity index (χ2v) is 6.42. The van der Waals surface area contributed by atoms with E-state index >= 15 is 0 Å². The van der Waals surface area contributed by atoms with Crippen molar-refractivity contribution in [2.45, 2.75) is 46.2 Å². The molecule has 0 saturated heterocycles. The molecule has 3 heteroatoms. The van der Waals surface area contributed by atoms with Gasteiger partial charge in [0, 0.05) is 12.6 Å². The van der Waals surface area contributed by atoms with Crippen LogP contribution in [0.2, 0.25) is 0 Å². The van der Waals surface area contributed by atoms with E-state index in [4.69, 9.17) is 0 Å². The SMILES string of the molecule is CC(C)CNCCCC(C)N(C)Cc1ccsc1. The molecule has 1 rings (SSSR count). The monoisotopic (exact) mass is 268 g/mol. The van der Waals surface area contributed by atoms with Crippen LogP contribution in [0.25, 0.3) is 0 Å². The van der Waals surface area contributed by atoms with Gasteiger partial charge in [0.1, 0.15) is 0 Å². The largest absolute Gasteiger partial charge is 0.316 e. The number of nitrogens with zero attached hydrogens (tertiary/aromatic N) is 1. The molecule has 104 valence electrons. The molecule has 18 heavy (non-hydrogen) atoms. The van der Waals surface area contributed by atoms with Gasteiger partial charge >= 0.3 is 0 Å². The molecule has 0 bridgehead atoms. The zero-order chi connectivity index (χ0) is 13.4. The third kappa shape index (κ3) is 6.53. The van der Waals surface area contributed by atoms with Gasteiger partial charge in [0.05, 0.1) is 0 Å². The van der Waals surface area contributed by atoms with Crippen molar-refractivity contribution in [2.75, 3.05) is 20.1 Å². The average molecular weight is 268 g/mol. The molecule has 0 aliphatic carbocycles. The van der Waals surface area contributed by atoms with Crippen LogP contribution in [0.15, 0.2) is 16.8 Å². The maximum absolute atomic E-state index is 3.51. The van der Waals surface area contributed by atoms with Crippen LogP contribution < -0.4 is 5.32 Å². The predicted octanol–water partition coefficient (Wildman–Crippen LogP) is 3.59. The van der Waals surface area contributed by atoms with Gasteiger partial charge in [-0.25, -0.2) is 0 Å². The van der Waals surface area contributed by atoms with Gasteiger partial charge in [-0.3, -0.25) is 4.90 Å². The maximum Gasteiger partial charge on any atom is 0.0241 e. The first-order chi connectivity index (χ1) is 8.59. The van der Waals surface area contributed by atoms with Crippen molar-refractivity contribution in [3.63, 3.8) is 0 Å². The summed E-state index contributed by atoms with van der Waals surface area (Å²) in [6.07, 6.45) is 2.54. The van der Waals surface area contributed by atoms with Crippen LogP contribution in [0.5, 0.6) is 0 Å². The Bertz CT molecular complexity index is 295. The van der Waals surface area contributed by atoms with E-state index in [0.29, 0.717) is 6.04 Å². The molecular weight excluding hydrogens is 240 g/mol. The van der Waals surface area contributed by atoms with Gasteiger partial charge in [0.2, 0.25) is 0 Å². The number of hydrogen-bond donors (Lipinski definition) is 1. The number of rotatable bonds is 9. The Morgan fingerprint density at radius 3 is 2.72 bits per heavy atom. The summed E-state index contributed by atoms with van der Waals surface area (Å²) < 4.78 is 0. The van der Waals surface area contributed by atoms with Crippen LogP contribution in [-0.4, -0.2) is 31.1 Å². The molecule has 0 spiro atoms. The fourth-order valence-electron chi connectivity index (χ4n) is 1.96. The maximum atomic E-state index is 3.51. The van der Waals surface area contributed by atoms with E-state index < -0.39 is 0 Å². The van der Waals surface area contributed by atoms with Crippen molar-refractivity contribution in [3.05, 3.63) is 22.4 Å². The lowest BCUT2D eigenvalue weighted by Gasteiger charge is -2.24. The Morgan fingerprint density at radius 1 is 1.33 bits per heavy atom. The molecule has 0 amide bonds. The molecule has 1 aromatic rings. The lowest BCUT2D eigenvalue weighted by atomic mass is 10.1. The van der Waals surface area contributed by atoms with E-state index in [-0.39, 0.29) is 0 Å². The van der Waals surface area contributed by atoms with Crippen LogP contribution >= 0.6 is 11.3 Å². The first-order valence-corrected chi connectivity index (χ1v) is 7.96. The van der Waals surface area contributed by atoms with Crippen molar-refractivity contribution in [3.8, 4) is 0 Å². The van der Waals surface area contributed by atoms with E-state index in [1.807, 2.05) is 0 Å². The third-order valence-corrected chi connectivity index (χ3v) is 4.02. The van der Waals surface area contributed by atoms with Crippen LogP contribution in [0.1, 0.15) is 39.2 Å². The smallest absolute Gasteiger partial charge is 0.0241 e. The summed E-state index contributed by atoms with van der Waals surface area (Å²) in [6.45, 7) is 10.2. The topological polar surface area (TPSA) is 15.3 Å². The van der Waals surface area contributed by atoms with Gasteiger partial charge in [0.15, 0.2) is 0 Å². The summed E-state index contributed by atoms with van der Waals surface area (Å²) in [5, 5.41) is 7.91. The first kappa shape index (κ1) is 15.7. The molecule has 0 aromatic carbocycles. The fraction of sp³-hybridized carbons (Fsp3) is 0.733. The van der Waals surface area contributed by atoms with Gasteiger partial charge in [-0.15, -0.1) is 0 Å². The van der Waals surface area contributed by atoms with E-state index in [2.05, 4.69) is 54.9 Å².